The van der Waals surface area contributed by atoms with Crippen LogP contribution in [0.2, 0.25) is 15.1 Å². The highest BCUT2D eigenvalue weighted by Crippen LogP contribution is 2.40. The number of ether oxygens (including phenoxy) is 1. The van der Waals surface area contributed by atoms with Crippen LogP contribution in [0.25, 0.3) is 0 Å². The average Bonchev–Trinajstić information content (AvgIpc) is 2.50. The van der Waals surface area contributed by atoms with Gasteiger partial charge in [0.1, 0.15) is 0 Å². The van der Waals surface area contributed by atoms with Gasteiger partial charge in [-0.25, -0.2) is 0 Å². The molecule has 0 bridgehead atoms. The van der Waals surface area contributed by atoms with Crippen molar-refractivity contribution in [1.29, 1.82) is 0 Å². The lowest BCUT2D eigenvalue weighted by atomic mass is 10.2. The molecule has 0 radical (unpaired) electrons. The Kier molecular flexibility index (Phi) is 7.07. The standard InChI is InChI=1S/C15H11Br2Cl3N2O2/c1-2-24-12-5-9(16)13(17)8(15(12)23)6-21-22-14-10(19)3-7(18)4-11(14)20/h3-6,22-23H,2H2,1H3. The van der Waals surface area contributed by atoms with Crippen LogP contribution in [0.5, 0.6) is 11.5 Å². The predicted octanol–water partition coefficient (Wildman–Crippen LogP) is 6.72. The molecule has 0 spiro atoms. The molecular formula is C15H11Br2Cl3N2O2. The minimum atomic E-state index is -0.0363. The van der Waals surface area contributed by atoms with E-state index >= 15 is 0 Å². The molecule has 9 heteroatoms. The lowest BCUT2D eigenvalue weighted by molar-refractivity contribution is 0.317. The number of anilines is 1. The molecule has 0 aliphatic carbocycles. The number of hydrogen-bond acceptors (Lipinski definition) is 4. The molecule has 0 saturated carbocycles. The molecule has 0 amide bonds. The molecule has 0 saturated heterocycles. The van der Waals surface area contributed by atoms with Crippen LogP contribution in [-0.4, -0.2) is 17.9 Å². The van der Waals surface area contributed by atoms with Crippen molar-refractivity contribution in [2.45, 2.75) is 6.92 Å². The van der Waals surface area contributed by atoms with Crippen LogP contribution in [0.15, 0.2) is 32.2 Å². The number of hydrazone groups is 1. The highest BCUT2D eigenvalue weighted by Gasteiger charge is 2.15. The van der Waals surface area contributed by atoms with Crippen LogP contribution in [0.4, 0.5) is 5.69 Å². The normalized spacial score (nSPS) is 11.1. The number of hydrogen-bond donors (Lipinski definition) is 2. The van der Waals surface area contributed by atoms with Crippen LogP contribution in [0.3, 0.4) is 0 Å². The Balaban J connectivity index is 2.33. The van der Waals surface area contributed by atoms with E-state index in [1.807, 2.05) is 6.92 Å². The monoisotopic (exact) mass is 514 g/mol. The molecule has 2 N–H and O–H groups in total. The maximum absolute atomic E-state index is 10.3. The first kappa shape index (κ1) is 19.7. The Bertz CT molecular complexity index is 778. The van der Waals surface area contributed by atoms with Gasteiger partial charge in [-0.05, 0) is 57.0 Å². The third-order valence-corrected chi connectivity index (χ3v) is 5.70. The molecule has 4 nitrogen and oxygen atoms in total. The van der Waals surface area contributed by atoms with Crippen LogP contribution in [-0.2, 0) is 0 Å². The van der Waals surface area contributed by atoms with E-state index in [9.17, 15) is 5.11 Å². The second kappa shape index (κ2) is 8.63. The SMILES string of the molecule is CCOc1cc(Br)c(Br)c(C=NNc2c(Cl)cc(Cl)cc2Cl)c1O. The largest absolute Gasteiger partial charge is 0.504 e. The predicted molar refractivity (Wildman–Crippen MR) is 107 cm³/mol. The van der Waals surface area contributed by atoms with Crippen molar-refractivity contribution in [3.63, 3.8) is 0 Å². The Labute approximate surface area is 171 Å². The van der Waals surface area contributed by atoms with Crippen molar-refractivity contribution in [2.75, 3.05) is 12.0 Å². The van der Waals surface area contributed by atoms with Gasteiger partial charge in [0.2, 0.25) is 0 Å². The molecule has 0 aliphatic heterocycles. The Morgan fingerprint density at radius 3 is 2.42 bits per heavy atom. The van der Waals surface area contributed by atoms with E-state index in [-0.39, 0.29) is 5.75 Å². The first-order chi connectivity index (χ1) is 11.3. The van der Waals surface area contributed by atoms with E-state index in [0.29, 0.717) is 47.6 Å². The molecule has 2 aromatic rings. The lowest BCUT2D eigenvalue weighted by Gasteiger charge is -2.11. The van der Waals surface area contributed by atoms with E-state index in [1.54, 1.807) is 18.2 Å². The van der Waals surface area contributed by atoms with Crippen molar-refractivity contribution in [3.8, 4) is 11.5 Å². The van der Waals surface area contributed by atoms with Crippen molar-refractivity contribution in [2.24, 2.45) is 5.10 Å². The summed E-state index contributed by atoms with van der Waals surface area (Å²) in [7, 11) is 0. The fraction of sp³-hybridized carbons (Fsp3) is 0.133. The third-order valence-electron chi connectivity index (χ3n) is 2.87. The molecule has 0 aliphatic rings. The number of phenolic OH excluding ortho intramolecular Hbond substituents is 1. The quantitative estimate of drug-likeness (QED) is 0.342. The number of phenols is 1. The average molecular weight is 517 g/mol. The first-order valence-corrected chi connectivity index (χ1v) is 9.34. The number of aromatic hydroxyl groups is 1. The molecule has 0 heterocycles. The molecule has 2 aromatic carbocycles. The summed E-state index contributed by atoms with van der Waals surface area (Å²) in [6, 6.07) is 4.76. The summed E-state index contributed by atoms with van der Waals surface area (Å²) in [5.74, 6) is 0.308. The fourth-order valence-electron chi connectivity index (χ4n) is 1.81. The van der Waals surface area contributed by atoms with Crippen LogP contribution in [0, 0.1) is 0 Å². The molecule has 24 heavy (non-hydrogen) atoms. The van der Waals surface area contributed by atoms with Gasteiger partial charge < -0.3 is 9.84 Å². The fourth-order valence-corrected chi connectivity index (χ4v) is 3.53. The Morgan fingerprint density at radius 1 is 1.21 bits per heavy atom. The molecule has 0 atom stereocenters. The zero-order valence-electron chi connectivity index (χ0n) is 12.2. The van der Waals surface area contributed by atoms with Gasteiger partial charge in [0, 0.05) is 14.0 Å². The van der Waals surface area contributed by atoms with E-state index in [1.165, 1.54) is 6.21 Å². The minimum Gasteiger partial charge on any atom is -0.504 e. The maximum Gasteiger partial charge on any atom is 0.167 e. The molecule has 0 unspecified atom stereocenters. The molecule has 128 valence electrons. The number of nitrogens with one attached hydrogen (secondary N) is 1. The van der Waals surface area contributed by atoms with Gasteiger partial charge in [-0.2, -0.15) is 5.10 Å². The van der Waals surface area contributed by atoms with Crippen molar-refractivity contribution < 1.29 is 9.84 Å². The number of benzene rings is 2. The van der Waals surface area contributed by atoms with Gasteiger partial charge in [0.05, 0.1) is 34.1 Å². The highest BCUT2D eigenvalue weighted by atomic mass is 79.9. The number of nitrogens with zero attached hydrogens (tertiary/aromatic N) is 1. The van der Waals surface area contributed by atoms with Crippen molar-refractivity contribution >= 4 is 78.6 Å². The van der Waals surface area contributed by atoms with Crippen LogP contribution in [0.1, 0.15) is 12.5 Å². The highest BCUT2D eigenvalue weighted by molar-refractivity contribution is 9.13. The van der Waals surface area contributed by atoms with Crippen LogP contribution < -0.4 is 10.2 Å². The molecule has 0 aromatic heterocycles. The summed E-state index contributed by atoms with van der Waals surface area (Å²) >= 11 is 24.8. The molecule has 2 rings (SSSR count). The summed E-state index contributed by atoms with van der Waals surface area (Å²) in [6.07, 6.45) is 1.42. The van der Waals surface area contributed by atoms with Gasteiger partial charge in [0.25, 0.3) is 0 Å². The second-order valence-corrected chi connectivity index (χ2v) is 7.38. The lowest BCUT2D eigenvalue weighted by Crippen LogP contribution is -1.97. The van der Waals surface area contributed by atoms with Gasteiger partial charge in [-0.1, -0.05) is 34.8 Å². The van der Waals surface area contributed by atoms with E-state index < -0.39 is 0 Å². The Morgan fingerprint density at radius 2 is 1.83 bits per heavy atom. The van der Waals surface area contributed by atoms with Gasteiger partial charge in [-0.15, -0.1) is 0 Å². The van der Waals surface area contributed by atoms with Gasteiger partial charge >= 0.3 is 0 Å². The van der Waals surface area contributed by atoms with Gasteiger partial charge in [-0.3, -0.25) is 5.43 Å². The summed E-state index contributed by atoms with van der Waals surface area (Å²) < 4.78 is 6.73. The summed E-state index contributed by atoms with van der Waals surface area (Å²) in [6.45, 7) is 2.25. The third kappa shape index (κ3) is 4.49. The summed E-state index contributed by atoms with van der Waals surface area (Å²) in [5.41, 5.74) is 3.58. The van der Waals surface area contributed by atoms with E-state index in [2.05, 4.69) is 42.4 Å². The summed E-state index contributed by atoms with van der Waals surface area (Å²) in [5, 5.41) is 15.5. The van der Waals surface area contributed by atoms with Crippen molar-refractivity contribution in [1.82, 2.24) is 0 Å². The second-order valence-electron chi connectivity index (χ2n) is 4.48. The van der Waals surface area contributed by atoms with Crippen molar-refractivity contribution in [3.05, 3.63) is 47.8 Å². The van der Waals surface area contributed by atoms with Crippen LogP contribution >= 0.6 is 66.7 Å². The zero-order chi connectivity index (χ0) is 17.9. The van der Waals surface area contributed by atoms with E-state index in [0.717, 1.165) is 0 Å². The minimum absolute atomic E-state index is 0.0363. The first-order valence-electron chi connectivity index (χ1n) is 6.62. The smallest absolute Gasteiger partial charge is 0.167 e. The summed E-state index contributed by atoms with van der Waals surface area (Å²) in [4.78, 5) is 0. The Hall–Kier alpha value is -0.660. The topological polar surface area (TPSA) is 53.8 Å². The zero-order valence-corrected chi connectivity index (χ0v) is 17.6. The maximum atomic E-state index is 10.3. The van der Waals surface area contributed by atoms with E-state index in [4.69, 9.17) is 39.5 Å². The van der Waals surface area contributed by atoms with Gasteiger partial charge in [0.15, 0.2) is 11.5 Å². The number of rotatable bonds is 5. The molecular weight excluding hydrogens is 506 g/mol. The molecule has 0 fully saturated rings. The number of halogens is 5.